The third kappa shape index (κ3) is 14.1. The first-order chi connectivity index (χ1) is 13.7. The minimum absolute atomic E-state index is 0.156. The zero-order valence-corrected chi connectivity index (χ0v) is 18.3. The van der Waals surface area contributed by atoms with Crippen molar-refractivity contribution in [3.8, 4) is 0 Å². The van der Waals surface area contributed by atoms with E-state index in [1.807, 2.05) is 0 Å². The number of nitrogens with zero attached hydrogens (tertiary/aromatic N) is 1. The first-order valence-electron chi connectivity index (χ1n) is 11.7. The van der Waals surface area contributed by atoms with Crippen LogP contribution >= 0.6 is 0 Å². The fourth-order valence-corrected chi connectivity index (χ4v) is 3.57. The lowest BCUT2D eigenvalue weighted by Crippen LogP contribution is -2.43. The molecule has 0 amide bonds. The second-order valence-corrected chi connectivity index (χ2v) is 8.22. The lowest BCUT2D eigenvalue weighted by atomic mass is 10.1. The summed E-state index contributed by atoms with van der Waals surface area (Å²) in [6.45, 7) is 4.64. The van der Waals surface area contributed by atoms with Gasteiger partial charge in [0.2, 0.25) is 0 Å². The van der Waals surface area contributed by atoms with Crippen LogP contribution in [0, 0.1) is 5.21 Å². The molecule has 1 aliphatic rings. The van der Waals surface area contributed by atoms with Crippen molar-refractivity contribution in [2.45, 2.75) is 96.8 Å². The number of hydrogen-bond acceptors (Lipinski definition) is 4. The molecule has 1 aliphatic heterocycles. The van der Waals surface area contributed by atoms with Crippen LogP contribution in [0.3, 0.4) is 0 Å². The normalized spacial score (nSPS) is 19.5. The van der Waals surface area contributed by atoms with Crippen molar-refractivity contribution in [1.82, 2.24) is 5.32 Å². The van der Waals surface area contributed by atoms with E-state index in [1.165, 1.54) is 70.6 Å². The number of esters is 1. The maximum Gasteiger partial charge on any atom is 0.305 e. The van der Waals surface area contributed by atoms with Gasteiger partial charge in [-0.05, 0) is 32.1 Å². The molecule has 1 fully saturated rings. The van der Waals surface area contributed by atoms with Gasteiger partial charge in [0.05, 0.1) is 13.1 Å². The topological polar surface area (TPSA) is 61.4 Å². The first-order valence-corrected chi connectivity index (χ1v) is 11.7. The number of hydroxylamine groups is 3. The van der Waals surface area contributed by atoms with E-state index in [0.29, 0.717) is 26.2 Å². The molecule has 1 saturated heterocycles. The second-order valence-electron chi connectivity index (χ2n) is 8.22. The molecule has 0 saturated carbocycles. The molecule has 0 aliphatic carbocycles. The standard InChI is InChI=1S/C23H44N2O3/c1-2-3-4-5-6-7-8-9-10-11-12-13-14-15-16-17-23(26)28-21-20-25(27)19-18-24-22-25/h9-10,24H,2-8,11-22H2,1H3/b10-9-. The van der Waals surface area contributed by atoms with Gasteiger partial charge in [0.1, 0.15) is 19.8 Å². The van der Waals surface area contributed by atoms with E-state index in [9.17, 15) is 10.0 Å². The third-order valence-corrected chi connectivity index (χ3v) is 5.50. The molecule has 5 nitrogen and oxygen atoms in total. The van der Waals surface area contributed by atoms with Gasteiger partial charge >= 0.3 is 5.97 Å². The van der Waals surface area contributed by atoms with E-state index in [0.717, 1.165) is 19.4 Å². The van der Waals surface area contributed by atoms with Gasteiger partial charge < -0.3 is 14.6 Å². The predicted octanol–water partition coefficient (Wildman–Crippen LogP) is 5.44. The Morgan fingerprint density at radius 1 is 0.964 bits per heavy atom. The maximum absolute atomic E-state index is 12.1. The van der Waals surface area contributed by atoms with Crippen LogP contribution in [-0.4, -0.2) is 43.5 Å². The molecule has 0 aromatic carbocycles. The summed E-state index contributed by atoms with van der Waals surface area (Å²) in [6.07, 6.45) is 21.4. The summed E-state index contributed by atoms with van der Waals surface area (Å²) < 4.78 is 4.92. The van der Waals surface area contributed by atoms with Gasteiger partial charge in [-0.2, -0.15) is 0 Å². The van der Waals surface area contributed by atoms with Crippen molar-refractivity contribution in [2.24, 2.45) is 0 Å². The molecular weight excluding hydrogens is 352 g/mol. The molecule has 164 valence electrons. The second kappa shape index (κ2) is 17.0. The summed E-state index contributed by atoms with van der Waals surface area (Å²) in [7, 11) is 0. The smallest absolute Gasteiger partial charge is 0.305 e. The Kier molecular flexibility index (Phi) is 15.2. The van der Waals surface area contributed by atoms with E-state index in [4.69, 9.17) is 4.74 Å². The van der Waals surface area contributed by atoms with Crippen molar-refractivity contribution in [1.29, 1.82) is 0 Å². The Morgan fingerprint density at radius 3 is 2.18 bits per heavy atom. The molecule has 5 heteroatoms. The maximum atomic E-state index is 12.1. The van der Waals surface area contributed by atoms with Gasteiger partial charge in [0.25, 0.3) is 0 Å². The molecule has 1 rings (SSSR count). The minimum Gasteiger partial charge on any atom is -0.632 e. The van der Waals surface area contributed by atoms with E-state index in [1.54, 1.807) is 0 Å². The Hall–Kier alpha value is -0.910. The number of rotatable bonds is 18. The SMILES string of the molecule is CCCCCCCC/C=C\CCCCCCCC(=O)OCC[N+]1([O-])CCNC1. The summed E-state index contributed by atoms with van der Waals surface area (Å²) >= 11 is 0. The summed E-state index contributed by atoms with van der Waals surface area (Å²) in [5.74, 6) is -0.156. The summed E-state index contributed by atoms with van der Waals surface area (Å²) in [5.41, 5.74) is 0. The Labute approximate surface area is 173 Å². The van der Waals surface area contributed by atoms with Crippen molar-refractivity contribution >= 4 is 5.97 Å². The molecule has 1 unspecified atom stereocenters. The lowest BCUT2D eigenvalue weighted by Gasteiger charge is -2.36. The van der Waals surface area contributed by atoms with Crippen molar-refractivity contribution in [3.05, 3.63) is 17.4 Å². The van der Waals surface area contributed by atoms with Gasteiger partial charge in [0.15, 0.2) is 0 Å². The van der Waals surface area contributed by atoms with E-state index < -0.39 is 0 Å². The number of unbranched alkanes of at least 4 members (excludes halogenated alkanes) is 11. The third-order valence-electron chi connectivity index (χ3n) is 5.50. The van der Waals surface area contributed by atoms with E-state index in [-0.39, 0.29) is 17.2 Å². The van der Waals surface area contributed by atoms with E-state index in [2.05, 4.69) is 24.4 Å². The number of ether oxygens (including phenoxy) is 1. The molecule has 0 aromatic heterocycles. The van der Waals surface area contributed by atoms with Crippen LogP contribution in [0.15, 0.2) is 12.2 Å². The first kappa shape index (κ1) is 25.1. The highest BCUT2D eigenvalue weighted by molar-refractivity contribution is 5.69. The quantitative estimate of drug-likeness (QED) is 0.110. The number of carbonyl (C=O) groups excluding carboxylic acids is 1. The predicted molar refractivity (Wildman–Crippen MR) is 117 cm³/mol. The average molecular weight is 397 g/mol. The monoisotopic (exact) mass is 396 g/mol. The van der Waals surface area contributed by atoms with Crippen LogP contribution in [0.25, 0.3) is 0 Å². The molecule has 0 bridgehead atoms. The van der Waals surface area contributed by atoms with Crippen LogP contribution in [0.5, 0.6) is 0 Å². The average Bonchev–Trinajstić information content (AvgIpc) is 3.11. The van der Waals surface area contributed by atoms with Crippen LogP contribution in [0.1, 0.15) is 96.8 Å². The minimum atomic E-state index is -0.277. The summed E-state index contributed by atoms with van der Waals surface area (Å²) in [6, 6.07) is 0. The van der Waals surface area contributed by atoms with Gasteiger partial charge in [0, 0.05) is 6.42 Å². The van der Waals surface area contributed by atoms with Crippen LogP contribution in [-0.2, 0) is 9.53 Å². The number of nitrogens with one attached hydrogen (secondary N) is 1. The molecule has 0 aromatic rings. The van der Waals surface area contributed by atoms with Crippen LogP contribution in [0.4, 0.5) is 0 Å². The molecule has 1 atom stereocenters. The molecule has 1 heterocycles. The number of hydrogen-bond donors (Lipinski definition) is 1. The molecule has 1 N–H and O–H groups in total. The van der Waals surface area contributed by atoms with Crippen molar-refractivity contribution in [2.75, 3.05) is 32.9 Å². The van der Waals surface area contributed by atoms with Crippen LogP contribution < -0.4 is 5.32 Å². The number of quaternary nitrogens is 1. The summed E-state index contributed by atoms with van der Waals surface area (Å²) in [5, 5.41) is 15.1. The van der Waals surface area contributed by atoms with Crippen LogP contribution in [0.2, 0.25) is 0 Å². The zero-order valence-electron chi connectivity index (χ0n) is 18.3. The zero-order chi connectivity index (χ0) is 20.3. The fraction of sp³-hybridized carbons (Fsp3) is 0.870. The van der Waals surface area contributed by atoms with Gasteiger partial charge in [-0.15, -0.1) is 0 Å². The highest BCUT2D eigenvalue weighted by Gasteiger charge is 2.22. The van der Waals surface area contributed by atoms with Crippen molar-refractivity contribution in [3.63, 3.8) is 0 Å². The molecule has 0 radical (unpaired) electrons. The molecular formula is C23H44N2O3. The van der Waals surface area contributed by atoms with Gasteiger partial charge in [-0.3, -0.25) is 10.1 Å². The largest absolute Gasteiger partial charge is 0.632 e. The molecule has 28 heavy (non-hydrogen) atoms. The van der Waals surface area contributed by atoms with Crippen molar-refractivity contribution < 1.29 is 14.2 Å². The number of allylic oxidation sites excluding steroid dienone is 2. The lowest BCUT2D eigenvalue weighted by molar-refractivity contribution is -0.868. The highest BCUT2D eigenvalue weighted by Crippen LogP contribution is 2.11. The molecule has 0 spiro atoms. The summed E-state index contributed by atoms with van der Waals surface area (Å²) in [4.78, 5) is 11.7. The Balaban J connectivity index is 1.79. The van der Waals surface area contributed by atoms with Gasteiger partial charge in [-0.1, -0.05) is 70.4 Å². The Morgan fingerprint density at radius 2 is 1.57 bits per heavy atom. The fourth-order valence-electron chi connectivity index (χ4n) is 3.57. The number of carbonyl (C=O) groups is 1. The highest BCUT2D eigenvalue weighted by atomic mass is 16.6. The van der Waals surface area contributed by atoms with E-state index >= 15 is 0 Å². The Bertz CT molecular complexity index is 407. The van der Waals surface area contributed by atoms with Gasteiger partial charge in [-0.25, -0.2) is 0 Å².